The summed E-state index contributed by atoms with van der Waals surface area (Å²) in [7, 11) is 0. The van der Waals surface area contributed by atoms with Crippen molar-refractivity contribution in [2.24, 2.45) is 17.3 Å². The van der Waals surface area contributed by atoms with Gasteiger partial charge in [0, 0.05) is 13.8 Å². The van der Waals surface area contributed by atoms with E-state index in [1.165, 1.54) is 12.8 Å². The first-order valence-electron chi connectivity index (χ1n) is 10.7. The van der Waals surface area contributed by atoms with E-state index < -0.39 is 23.8 Å². The Hall–Kier alpha value is -1.14. The van der Waals surface area contributed by atoms with Crippen LogP contribution < -0.4 is 5.32 Å². The highest BCUT2D eigenvalue weighted by Crippen LogP contribution is 2.31. The van der Waals surface area contributed by atoms with Gasteiger partial charge in [-0.05, 0) is 17.8 Å². The summed E-state index contributed by atoms with van der Waals surface area (Å²) in [6, 6.07) is -0.390. The fourth-order valence-electron chi connectivity index (χ4n) is 3.43. The van der Waals surface area contributed by atoms with Gasteiger partial charge in [-0.2, -0.15) is 0 Å². The standard InChI is InChI=1S/C22H41NO5/c1-15(2)12-10-8-9-11-13-16(18-20(26)28-22(6,7)27-18)19(25)23-17(14-24)21(3,4)5/h15-18,24H,8-14H2,1-7H3,(H,23,25)/t16-,17-,18+/m1/s1. The second-order valence-electron chi connectivity index (χ2n) is 9.96. The Morgan fingerprint density at radius 3 is 2.14 bits per heavy atom. The molecule has 28 heavy (non-hydrogen) atoms. The molecule has 1 aliphatic rings. The van der Waals surface area contributed by atoms with Crippen LogP contribution in [0.15, 0.2) is 0 Å². The molecule has 1 fully saturated rings. The average Bonchev–Trinajstić information content (AvgIpc) is 2.82. The topological polar surface area (TPSA) is 84.9 Å². The number of hydrogen-bond acceptors (Lipinski definition) is 5. The van der Waals surface area contributed by atoms with Crippen LogP contribution in [0.4, 0.5) is 0 Å². The van der Waals surface area contributed by atoms with Gasteiger partial charge in [-0.3, -0.25) is 4.79 Å². The predicted molar refractivity (Wildman–Crippen MR) is 110 cm³/mol. The van der Waals surface area contributed by atoms with Gasteiger partial charge in [0.2, 0.25) is 11.7 Å². The summed E-state index contributed by atoms with van der Waals surface area (Å²) in [6.07, 6.45) is 5.04. The number of carbonyl (C=O) groups excluding carboxylic acids is 2. The lowest BCUT2D eigenvalue weighted by atomic mass is 9.86. The number of unbranched alkanes of at least 4 members (excludes halogenated alkanes) is 3. The van der Waals surface area contributed by atoms with Crippen LogP contribution in [-0.2, 0) is 19.1 Å². The Morgan fingerprint density at radius 2 is 1.71 bits per heavy atom. The molecule has 164 valence electrons. The van der Waals surface area contributed by atoms with Crippen molar-refractivity contribution in [3.8, 4) is 0 Å². The first-order valence-corrected chi connectivity index (χ1v) is 10.7. The number of ether oxygens (including phenoxy) is 2. The Bertz CT molecular complexity index is 510. The molecule has 1 amide bonds. The van der Waals surface area contributed by atoms with E-state index >= 15 is 0 Å². The van der Waals surface area contributed by atoms with Gasteiger partial charge < -0.3 is 19.9 Å². The molecular weight excluding hydrogens is 358 g/mol. The summed E-state index contributed by atoms with van der Waals surface area (Å²) < 4.78 is 11.0. The van der Waals surface area contributed by atoms with Gasteiger partial charge in [-0.15, -0.1) is 0 Å². The number of hydrogen-bond donors (Lipinski definition) is 2. The van der Waals surface area contributed by atoms with Crippen LogP contribution in [-0.4, -0.2) is 41.5 Å². The summed E-state index contributed by atoms with van der Waals surface area (Å²) in [6.45, 7) is 13.5. The van der Waals surface area contributed by atoms with E-state index in [-0.39, 0.29) is 24.0 Å². The van der Waals surface area contributed by atoms with Crippen LogP contribution in [0.2, 0.25) is 0 Å². The number of esters is 1. The van der Waals surface area contributed by atoms with Crippen molar-refractivity contribution in [1.29, 1.82) is 0 Å². The number of aliphatic hydroxyl groups is 1. The summed E-state index contributed by atoms with van der Waals surface area (Å²) in [5, 5.41) is 12.6. The van der Waals surface area contributed by atoms with E-state index in [9.17, 15) is 14.7 Å². The first kappa shape index (κ1) is 24.9. The lowest BCUT2D eigenvalue weighted by molar-refractivity contribution is -0.162. The third kappa shape index (κ3) is 8.08. The molecule has 3 atom stereocenters. The zero-order chi connectivity index (χ0) is 21.5. The minimum Gasteiger partial charge on any atom is -0.432 e. The zero-order valence-electron chi connectivity index (χ0n) is 18.8. The normalized spacial score (nSPS) is 21.5. The Morgan fingerprint density at radius 1 is 1.14 bits per heavy atom. The molecule has 0 aliphatic carbocycles. The Balaban J connectivity index is 2.75. The number of rotatable bonds is 11. The van der Waals surface area contributed by atoms with Gasteiger partial charge in [0.1, 0.15) is 0 Å². The molecule has 1 aliphatic heterocycles. The third-order valence-electron chi connectivity index (χ3n) is 5.28. The highest BCUT2D eigenvalue weighted by atomic mass is 16.8. The molecule has 2 N–H and O–H groups in total. The maximum Gasteiger partial charge on any atom is 0.338 e. The van der Waals surface area contributed by atoms with E-state index in [2.05, 4.69) is 19.2 Å². The molecule has 6 nitrogen and oxygen atoms in total. The molecular formula is C22H41NO5. The van der Waals surface area contributed by atoms with Crippen LogP contribution in [0.1, 0.15) is 87.0 Å². The molecule has 1 heterocycles. The van der Waals surface area contributed by atoms with Crippen LogP contribution >= 0.6 is 0 Å². The summed E-state index contributed by atoms with van der Waals surface area (Å²) in [4.78, 5) is 25.3. The zero-order valence-corrected chi connectivity index (χ0v) is 18.8. The van der Waals surface area contributed by atoms with Gasteiger partial charge in [-0.1, -0.05) is 66.7 Å². The van der Waals surface area contributed by atoms with Crippen molar-refractivity contribution in [2.75, 3.05) is 6.61 Å². The van der Waals surface area contributed by atoms with Gasteiger partial charge in [0.25, 0.3) is 0 Å². The average molecular weight is 400 g/mol. The smallest absolute Gasteiger partial charge is 0.338 e. The monoisotopic (exact) mass is 399 g/mol. The summed E-state index contributed by atoms with van der Waals surface area (Å²) in [5.74, 6) is -1.67. The van der Waals surface area contributed by atoms with Crippen molar-refractivity contribution in [3.63, 3.8) is 0 Å². The van der Waals surface area contributed by atoms with Crippen LogP contribution in [0.5, 0.6) is 0 Å². The maximum atomic E-state index is 13.0. The van der Waals surface area contributed by atoms with Crippen LogP contribution in [0.25, 0.3) is 0 Å². The van der Waals surface area contributed by atoms with Crippen LogP contribution in [0.3, 0.4) is 0 Å². The molecule has 0 unspecified atom stereocenters. The van der Waals surface area contributed by atoms with E-state index in [1.807, 2.05) is 20.8 Å². The number of amides is 1. The molecule has 0 aromatic carbocycles. The van der Waals surface area contributed by atoms with Crippen molar-refractivity contribution in [1.82, 2.24) is 5.32 Å². The van der Waals surface area contributed by atoms with Gasteiger partial charge >= 0.3 is 5.97 Å². The molecule has 0 saturated carbocycles. The molecule has 6 heteroatoms. The van der Waals surface area contributed by atoms with Crippen molar-refractivity contribution in [3.05, 3.63) is 0 Å². The third-order valence-corrected chi connectivity index (χ3v) is 5.28. The van der Waals surface area contributed by atoms with Gasteiger partial charge in [-0.25, -0.2) is 4.79 Å². The Kier molecular flexibility index (Phi) is 9.41. The number of nitrogens with one attached hydrogen (secondary N) is 1. The van der Waals surface area contributed by atoms with E-state index in [4.69, 9.17) is 9.47 Å². The molecule has 0 spiro atoms. The van der Waals surface area contributed by atoms with E-state index in [1.54, 1.807) is 13.8 Å². The molecule has 1 rings (SSSR count). The second-order valence-corrected chi connectivity index (χ2v) is 9.96. The van der Waals surface area contributed by atoms with E-state index in [0.29, 0.717) is 12.3 Å². The molecule has 1 saturated heterocycles. The second kappa shape index (κ2) is 10.6. The summed E-state index contributed by atoms with van der Waals surface area (Å²) >= 11 is 0. The number of aliphatic hydroxyl groups excluding tert-OH is 1. The fourth-order valence-corrected chi connectivity index (χ4v) is 3.43. The largest absolute Gasteiger partial charge is 0.432 e. The van der Waals surface area contributed by atoms with Crippen LogP contribution in [0, 0.1) is 17.3 Å². The lowest BCUT2D eigenvalue weighted by Gasteiger charge is -2.32. The number of carbonyl (C=O) groups is 2. The SMILES string of the molecule is CC(C)CCCCCC[C@@H](C(=O)N[C@H](CO)C(C)(C)C)[C@@H]1OC(C)(C)OC1=O. The van der Waals surface area contributed by atoms with E-state index in [0.717, 1.165) is 19.3 Å². The fraction of sp³-hybridized carbons (Fsp3) is 0.909. The quantitative estimate of drug-likeness (QED) is 0.408. The first-order chi connectivity index (χ1) is 12.9. The minimum absolute atomic E-state index is 0.154. The van der Waals surface area contributed by atoms with Crippen molar-refractivity contribution < 1.29 is 24.2 Å². The van der Waals surface area contributed by atoms with Gasteiger partial charge in [0.05, 0.1) is 18.6 Å². The Labute approximate surface area is 170 Å². The van der Waals surface area contributed by atoms with Crippen molar-refractivity contribution >= 4 is 11.9 Å². The van der Waals surface area contributed by atoms with Gasteiger partial charge in [0.15, 0.2) is 6.10 Å². The minimum atomic E-state index is -1.02. The molecule has 0 aromatic heterocycles. The summed E-state index contributed by atoms with van der Waals surface area (Å²) in [5.41, 5.74) is -0.290. The molecule has 0 bridgehead atoms. The molecule has 0 radical (unpaired) electrons. The lowest BCUT2D eigenvalue weighted by Crippen LogP contribution is -2.50. The highest BCUT2D eigenvalue weighted by molar-refractivity contribution is 5.87. The maximum absolute atomic E-state index is 13.0. The highest BCUT2D eigenvalue weighted by Gasteiger charge is 2.47. The molecule has 0 aromatic rings. The predicted octanol–water partition coefficient (Wildman–Crippen LogP) is 3.80. The number of cyclic esters (lactones) is 1. The van der Waals surface area contributed by atoms with Crippen molar-refractivity contribution in [2.45, 2.75) is 105 Å².